The quantitative estimate of drug-likeness (QED) is 0.923. The van der Waals surface area contributed by atoms with Gasteiger partial charge in [-0.05, 0) is 56.0 Å². The lowest BCUT2D eigenvalue weighted by Gasteiger charge is -2.32. The Morgan fingerprint density at radius 2 is 2.24 bits per heavy atom. The highest BCUT2D eigenvalue weighted by molar-refractivity contribution is 5.31. The number of fused-ring (bicyclic) bond motifs is 1. The molecule has 0 aliphatic carbocycles. The van der Waals surface area contributed by atoms with Crippen LogP contribution >= 0.6 is 0 Å². The largest absolute Gasteiger partial charge is 0.494 e. The molecule has 2 aliphatic rings. The fraction of sp³-hybridized carbons (Fsp3) is 0.647. The Kier molecular flexibility index (Phi) is 4.18. The first kappa shape index (κ1) is 14.8. The van der Waals surface area contributed by atoms with Gasteiger partial charge in [0.15, 0.2) is 11.6 Å². The topological polar surface area (TPSA) is 24.5 Å². The summed E-state index contributed by atoms with van der Waals surface area (Å²) >= 11 is 0. The molecule has 4 atom stereocenters. The number of benzene rings is 1. The van der Waals surface area contributed by atoms with Crippen molar-refractivity contribution in [1.82, 2.24) is 10.2 Å². The van der Waals surface area contributed by atoms with Gasteiger partial charge in [0.2, 0.25) is 0 Å². The maximum absolute atomic E-state index is 14.0. The highest BCUT2D eigenvalue weighted by Crippen LogP contribution is 2.39. The van der Waals surface area contributed by atoms with E-state index >= 15 is 0 Å². The number of hydrogen-bond donors (Lipinski definition) is 1. The molecule has 116 valence electrons. The van der Waals surface area contributed by atoms with Crippen molar-refractivity contribution >= 4 is 0 Å². The van der Waals surface area contributed by atoms with Crippen LogP contribution in [-0.2, 0) is 0 Å². The van der Waals surface area contributed by atoms with Crippen LogP contribution in [-0.4, -0.2) is 37.7 Å². The molecule has 3 nitrogen and oxygen atoms in total. The summed E-state index contributed by atoms with van der Waals surface area (Å²) in [7, 11) is 1.50. The summed E-state index contributed by atoms with van der Waals surface area (Å²) < 4.78 is 19.0. The van der Waals surface area contributed by atoms with E-state index in [2.05, 4.69) is 24.1 Å². The van der Waals surface area contributed by atoms with E-state index in [4.69, 9.17) is 4.74 Å². The molecule has 3 rings (SSSR count). The molecule has 21 heavy (non-hydrogen) atoms. The molecule has 4 unspecified atom stereocenters. The Balaban J connectivity index is 1.81. The lowest BCUT2D eigenvalue weighted by Crippen LogP contribution is -2.36. The molecule has 2 heterocycles. The van der Waals surface area contributed by atoms with Gasteiger partial charge in [-0.15, -0.1) is 0 Å². The first-order valence-electron chi connectivity index (χ1n) is 7.95. The number of hydrogen-bond acceptors (Lipinski definition) is 3. The molecule has 1 aromatic rings. The first-order valence-corrected chi connectivity index (χ1v) is 7.95. The first-order chi connectivity index (χ1) is 10.2. The number of halogens is 1. The van der Waals surface area contributed by atoms with Gasteiger partial charge < -0.3 is 10.1 Å². The van der Waals surface area contributed by atoms with Gasteiger partial charge in [0.05, 0.1) is 7.11 Å². The second-order valence-electron chi connectivity index (χ2n) is 6.32. The standard InChI is InChI=1S/C17H25FN2O/c1-4-16-14-9-19-8-13(14)10-20(16)11(2)12-5-6-17(21-3)15(18)7-12/h5-7,11,13-14,16,19H,4,8-10H2,1-3H3. The molecule has 2 saturated heterocycles. The molecule has 0 aromatic heterocycles. The van der Waals surface area contributed by atoms with E-state index in [1.807, 2.05) is 6.07 Å². The van der Waals surface area contributed by atoms with Gasteiger partial charge >= 0.3 is 0 Å². The van der Waals surface area contributed by atoms with Crippen LogP contribution in [0, 0.1) is 17.7 Å². The predicted molar refractivity (Wildman–Crippen MR) is 82.0 cm³/mol. The summed E-state index contributed by atoms with van der Waals surface area (Å²) in [6.45, 7) is 7.83. The van der Waals surface area contributed by atoms with E-state index in [0.717, 1.165) is 43.5 Å². The van der Waals surface area contributed by atoms with Crippen LogP contribution in [0.15, 0.2) is 18.2 Å². The molecule has 1 N–H and O–H groups in total. The molecule has 4 heteroatoms. The second kappa shape index (κ2) is 5.93. The van der Waals surface area contributed by atoms with Crippen LogP contribution in [0.25, 0.3) is 0 Å². The minimum Gasteiger partial charge on any atom is -0.494 e. The summed E-state index contributed by atoms with van der Waals surface area (Å²) in [5.41, 5.74) is 1.04. The van der Waals surface area contributed by atoms with E-state index in [9.17, 15) is 4.39 Å². The molecule has 0 amide bonds. The van der Waals surface area contributed by atoms with E-state index in [-0.39, 0.29) is 11.9 Å². The van der Waals surface area contributed by atoms with Crippen LogP contribution in [0.3, 0.4) is 0 Å². The van der Waals surface area contributed by atoms with E-state index < -0.39 is 0 Å². The Bertz CT molecular complexity index is 508. The molecule has 2 fully saturated rings. The van der Waals surface area contributed by atoms with Crippen molar-refractivity contribution in [3.8, 4) is 5.75 Å². The monoisotopic (exact) mass is 292 g/mol. The summed E-state index contributed by atoms with van der Waals surface area (Å²) in [5, 5.41) is 3.51. The fourth-order valence-electron chi connectivity index (χ4n) is 4.17. The van der Waals surface area contributed by atoms with E-state index in [0.29, 0.717) is 11.8 Å². The van der Waals surface area contributed by atoms with Crippen molar-refractivity contribution in [2.24, 2.45) is 11.8 Å². The van der Waals surface area contributed by atoms with E-state index in [1.54, 1.807) is 12.1 Å². The summed E-state index contributed by atoms with van der Waals surface area (Å²) in [4.78, 5) is 2.57. The molecule has 2 aliphatic heterocycles. The zero-order chi connectivity index (χ0) is 15.0. The minimum atomic E-state index is -0.268. The highest BCUT2D eigenvalue weighted by atomic mass is 19.1. The van der Waals surface area contributed by atoms with E-state index in [1.165, 1.54) is 7.11 Å². The van der Waals surface area contributed by atoms with Gasteiger partial charge in [0, 0.05) is 18.6 Å². The van der Waals surface area contributed by atoms with Crippen molar-refractivity contribution in [2.45, 2.75) is 32.4 Å². The third-order valence-corrected chi connectivity index (χ3v) is 5.33. The lowest BCUT2D eigenvalue weighted by molar-refractivity contribution is 0.165. The molecule has 0 radical (unpaired) electrons. The third-order valence-electron chi connectivity index (χ3n) is 5.33. The number of rotatable bonds is 4. The summed E-state index contributed by atoms with van der Waals surface area (Å²) in [5.74, 6) is 1.55. The van der Waals surface area contributed by atoms with Crippen molar-refractivity contribution in [3.05, 3.63) is 29.6 Å². The molecule has 0 spiro atoms. The minimum absolute atomic E-state index is 0.251. The number of nitrogens with one attached hydrogen (secondary N) is 1. The Morgan fingerprint density at radius 1 is 1.43 bits per heavy atom. The van der Waals surface area contributed by atoms with Crippen molar-refractivity contribution < 1.29 is 9.13 Å². The maximum Gasteiger partial charge on any atom is 0.165 e. The molecule has 0 saturated carbocycles. The summed E-state index contributed by atoms with van der Waals surface area (Å²) in [6, 6.07) is 6.21. The van der Waals surface area contributed by atoms with Gasteiger partial charge in [0.1, 0.15) is 0 Å². The Morgan fingerprint density at radius 3 is 2.90 bits per heavy atom. The van der Waals surface area contributed by atoms with Crippen molar-refractivity contribution in [2.75, 3.05) is 26.7 Å². The van der Waals surface area contributed by atoms with Gasteiger partial charge in [0.25, 0.3) is 0 Å². The Labute approximate surface area is 126 Å². The predicted octanol–water partition coefficient (Wildman–Crippen LogP) is 2.83. The highest BCUT2D eigenvalue weighted by Gasteiger charge is 2.44. The van der Waals surface area contributed by atoms with Crippen LogP contribution < -0.4 is 10.1 Å². The molecular formula is C17H25FN2O. The molecule has 0 bridgehead atoms. The average molecular weight is 292 g/mol. The van der Waals surface area contributed by atoms with Gasteiger partial charge in [-0.25, -0.2) is 4.39 Å². The van der Waals surface area contributed by atoms with Crippen molar-refractivity contribution in [3.63, 3.8) is 0 Å². The average Bonchev–Trinajstić information content (AvgIpc) is 3.06. The van der Waals surface area contributed by atoms with Gasteiger partial charge in [-0.2, -0.15) is 0 Å². The molecule has 1 aromatic carbocycles. The Hall–Kier alpha value is -1.13. The second-order valence-corrected chi connectivity index (χ2v) is 6.32. The third kappa shape index (κ3) is 2.55. The number of likely N-dealkylation sites (tertiary alicyclic amines) is 1. The normalized spacial score (nSPS) is 30.4. The number of nitrogens with zero attached hydrogens (tertiary/aromatic N) is 1. The smallest absolute Gasteiger partial charge is 0.165 e. The zero-order valence-corrected chi connectivity index (χ0v) is 13.1. The zero-order valence-electron chi connectivity index (χ0n) is 13.1. The maximum atomic E-state index is 14.0. The molecular weight excluding hydrogens is 267 g/mol. The van der Waals surface area contributed by atoms with Gasteiger partial charge in [-0.1, -0.05) is 13.0 Å². The lowest BCUT2D eigenvalue weighted by atomic mass is 9.92. The van der Waals surface area contributed by atoms with Crippen LogP contribution in [0.2, 0.25) is 0 Å². The van der Waals surface area contributed by atoms with Gasteiger partial charge in [-0.3, -0.25) is 4.90 Å². The summed E-state index contributed by atoms with van der Waals surface area (Å²) in [6.07, 6.45) is 1.16. The van der Waals surface area contributed by atoms with Crippen molar-refractivity contribution in [1.29, 1.82) is 0 Å². The SMILES string of the molecule is CCC1C2CNCC2CN1C(C)c1ccc(OC)c(F)c1. The fourth-order valence-corrected chi connectivity index (χ4v) is 4.17. The number of ether oxygens (including phenoxy) is 1. The number of methoxy groups -OCH3 is 1. The van der Waals surface area contributed by atoms with Crippen LogP contribution in [0.5, 0.6) is 5.75 Å². The van der Waals surface area contributed by atoms with Crippen LogP contribution in [0.1, 0.15) is 31.9 Å². The van der Waals surface area contributed by atoms with Crippen LogP contribution in [0.4, 0.5) is 4.39 Å².